The normalized spacial score (nSPS) is 28.2. The van der Waals surface area contributed by atoms with Gasteiger partial charge in [-0.2, -0.15) is 0 Å². The number of ether oxygens (including phenoxy) is 1. The zero-order chi connectivity index (χ0) is 18.1. The molecule has 1 amide bonds. The molecule has 2 saturated heterocycles. The van der Waals surface area contributed by atoms with Crippen molar-refractivity contribution in [3.05, 3.63) is 17.7 Å². The second kappa shape index (κ2) is 7.00. The first-order valence-electron chi connectivity index (χ1n) is 9.61. The molecule has 3 aliphatic rings. The average molecular weight is 361 g/mol. The van der Waals surface area contributed by atoms with E-state index in [0.29, 0.717) is 31.9 Å². The van der Waals surface area contributed by atoms with Crippen LogP contribution in [0.1, 0.15) is 42.5 Å². The number of nitrogens with one attached hydrogen (secondary N) is 2. The minimum absolute atomic E-state index is 0.0822. The number of esters is 1. The molecule has 0 spiro atoms. The first-order chi connectivity index (χ1) is 12.6. The zero-order valence-electron chi connectivity index (χ0n) is 15.3. The molecule has 4 heterocycles. The van der Waals surface area contributed by atoms with Crippen LogP contribution in [0.4, 0.5) is 0 Å². The third-order valence-electron chi connectivity index (χ3n) is 5.88. The summed E-state index contributed by atoms with van der Waals surface area (Å²) in [4.78, 5) is 32.2. The molecule has 2 fully saturated rings. The summed E-state index contributed by atoms with van der Waals surface area (Å²) in [5, 5.41) is 6.74. The zero-order valence-corrected chi connectivity index (χ0v) is 15.3. The van der Waals surface area contributed by atoms with Crippen LogP contribution in [-0.2, 0) is 22.6 Å². The number of carbonyl (C=O) groups is 2. The number of aromatic nitrogens is 2. The van der Waals surface area contributed by atoms with Crippen LogP contribution in [-0.4, -0.2) is 65.2 Å². The lowest BCUT2D eigenvalue weighted by Gasteiger charge is -2.49. The largest absolute Gasteiger partial charge is 0.465 e. The first-order valence-corrected chi connectivity index (χ1v) is 9.61. The average Bonchev–Trinajstić information content (AvgIpc) is 3.11. The van der Waals surface area contributed by atoms with Gasteiger partial charge in [-0.1, -0.05) is 0 Å². The summed E-state index contributed by atoms with van der Waals surface area (Å²) in [6.07, 6.45) is 4.29. The van der Waals surface area contributed by atoms with E-state index in [1.165, 1.54) is 0 Å². The molecule has 2 N–H and O–H groups in total. The molecule has 0 bridgehead atoms. The van der Waals surface area contributed by atoms with Gasteiger partial charge in [-0.15, -0.1) is 0 Å². The summed E-state index contributed by atoms with van der Waals surface area (Å²) in [5.74, 6) is 0.636. The number of amides is 1. The van der Waals surface area contributed by atoms with E-state index in [1.807, 2.05) is 17.7 Å². The number of rotatable bonds is 3. The Morgan fingerprint density at radius 2 is 2.27 bits per heavy atom. The highest BCUT2D eigenvalue weighted by Crippen LogP contribution is 2.39. The maximum absolute atomic E-state index is 13.1. The van der Waals surface area contributed by atoms with E-state index in [0.717, 1.165) is 44.7 Å². The molecule has 0 aromatic carbocycles. The fraction of sp³-hybridized carbons (Fsp3) is 0.722. The number of imidazole rings is 1. The monoisotopic (exact) mass is 361 g/mol. The van der Waals surface area contributed by atoms with Crippen LogP contribution in [0.2, 0.25) is 0 Å². The lowest BCUT2D eigenvalue weighted by Crippen LogP contribution is -2.64. The summed E-state index contributed by atoms with van der Waals surface area (Å²) in [6, 6.07) is 0.0822. The second-order valence-electron chi connectivity index (χ2n) is 7.41. The molecule has 3 aliphatic heterocycles. The number of likely N-dealkylation sites (tertiary alicyclic amines) is 1. The quantitative estimate of drug-likeness (QED) is 0.745. The lowest BCUT2D eigenvalue weighted by molar-refractivity contribution is -0.162. The molecular weight excluding hydrogens is 334 g/mol. The van der Waals surface area contributed by atoms with Crippen molar-refractivity contribution in [3.63, 3.8) is 0 Å². The second-order valence-corrected chi connectivity index (χ2v) is 7.41. The predicted octanol–water partition coefficient (Wildman–Crippen LogP) is 0.134. The molecule has 26 heavy (non-hydrogen) atoms. The third kappa shape index (κ3) is 2.91. The SMILES string of the molecule is CCOC(=O)[C@]12CCCN[C@@H]1CCN(C(=O)c1cn3c(n1)CNCC3)C2. The van der Waals surface area contributed by atoms with Gasteiger partial charge in [0.2, 0.25) is 0 Å². The highest BCUT2D eigenvalue weighted by Gasteiger charge is 2.52. The Labute approximate surface area is 153 Å². The Morgan fingerprint density at radius 1 is 1.38 bits per heavy atom. The Hall–Kier alpha value is -1.93. The molecule has 8 heteroatoms. The molecule has 0 aliphatic carbocycles. The maximum Gasteiger partial charge on any atom is 0.315 e. The third-order valence-corrected chi connectivity index (χ3v) is 5.88. The van der Waals surface area contributed by atoms with Gasteiger partial charge in [0.25, 0.3) is 5.91 Å². The molecule has 8 nitrogen and oxygen atoms in total. The standard InChI is InChI=1S/C18H27N5O3/c1-2-26-17(25)18-5-3-6-20-14(18)4-8-23(12-18)16(24)13-11-22-9-7-19-10-15(22)21-13/h11,14,19-20H,2-10,12H2,1H3/t14-,18+/m1/s1. The van der Waals surface area contributed by atoms with Crippen molar-refractivity contribution in [1.29, 1.82) is 0 Å². The number of nitrogens with zero attached hydrogens (tertiary/aromatic N) is 3. The van der Waals surface area contributed by atoms with Crippen molar-refractivity contribution in [2.45, 2.75) is 45.3 Å². The predicted molar refractivity (Wildman–Crippen MR) is 94.5 cm³/mol. The topological polar surface area (TPSA) is 88.5 Å². The minimum Gasteiger partial charge on any atom is -0.465 e. The highest BCUT2D eigenvalue weighted by molar-refractivity contribution is 5.93. The van der Waals surface area contributed by atoms with Crippen molar-refractivity contribution in [1.82, 2.24) is 25.1 Å². The summed E-state index contributed by atoms with van der Waals surface area (Å²) in [6.45, 7) is 6.55. The summed E-state index contributed by atoms with van der Waals surface area (Å²) in [5.41, 5.74) is -0.159. The summed E-state index contributed by atoms with van der Waals surface area (Å²) < 4.78 is 7.44. The van der Waals surface area contributed by atoms with Gasteiger partial charge in [-0.05, 0) is 32.7 Å². The summed E-state index contributed by atoms with van der Waals surface area (Å²) >= 11 is 0. The summed E-state index contributed by atoms with van der Waals surface area (Å²) in [7, 11) is 0. The van der Waals surface area contributed by atoms with Gasteiger partial charge in [0.05, 0.1) is 13.2 Å². The van der Waals surface area contributed by atoms with Crippen LogP contribution < -0.4 is 10.6 Å². The van der Waals surface area contributed by atoms with Crippen molar-refractivity contribution < 1.29 is 14.3 Å². The Balaban J connectivity index is 1.56. The maximum atomic E-state index is 13.1. The first kappa shape index (κ1) is 17.5. The molecule has 0 radical (unpaired) electrons. The van der Waals surface area contributed by atoms with Gasteiger partial charge in [-0.3, -0.25) is 9.59 Å². The molecule has 1 aromatic rings. The van der Waals surface area contributed by atoms with Gasteiger partial charge in [0, 0.05) is 38.4 Å². The lowest BCUT2D eigenvalue weighted by atomic mass is 9.70. The van der Waals surface area contributed by atoms with Crippen LogP contribution >= 0.6 is 0 Å². The molecule has 2 atom stereocenters. The minimum atomic E-state index is -0.636. The van der Waals surface area contributed by atoms with E-state index in [4.69, 9.17) is 4.74 Å². The fourth-order valence-corrected chi connectivity index (χ4v) is 4.53. The molecule has 4 rings (SSSR count). The molecule has 0 unspecified atom stereocenters. The molecule has 0 saturated carbocycles. The van der Waals surface area contributed by atoms with Crippen LogP contribution in [0, 0.1) is 5.41 Å². The number of hydrogen-bond donors (Lipinski definition) is 2. The van der Waals surface area contributed by atoms with E-state index in [9.17, 15) is 9.59 Å². The van der Waals surface area contributed by atoms with Crippen LogP contribution in [0.15, 0.2) is 6.20 Å². The van der Waals surface area contributed by atoms with Crippen LogP contribution in [0.5, 0.6) is 0 Å². The van der Waals surface area contributed by atoms with Gasteiger partial charge in [0.1, 0.15) is 16.9 Å². The van der Waals surface area contributed by atoms with Crippen LogP contribution in [0.3, 0.4) is 0 Å². The van der Waals surface area contributed by atoms with E-state index < -0.39 is 5.41 Å². The van der Waals surface area contributed by atoms with E-state index in [1.54, 1.807) is 4.90 Å². The Bertz CT molecular complexity index is 679. The van der Waals surface area contributed by atoms with Gasteiger partial charge in [-0.25, -0.2) is 4.98 Å². The fourth-order valence-electron chi connectivity index (χ4n) is 4.53. The number of hydrogen-bond acceptors (Lipinski definition) is 6. The van der Waals surface area contributed by atoms with Crippen molar-refractivity contribution in [2.24, 2.45) is 5.41 Å². The van der Waals surface area contributed by atoms with Gasteiger partial charge >= 0.3 is 5.97 Å². The number of piperidine rings is 2. The molecule has 1 aromatic heterocycles. The molecular formula is C18H27N5O3. The van der Waals surface area contributed by atoms with Crippen LogP contribution in [0.25, 0.3) is 0 Å². The number of carbonyl (C=O) groups excluding carboxylic acids is 2. The Kier molecular flexibility index (Phi) is 4.71. The van der Waals surface area contributed by atoms with E-state index >= 15 is 0 Å². The highest BCUT2D eigenvalue weighted by atomic mass is 16.5. The molecule has 142 valence electrons. The van der Waals surface area contributed by atoms with Gasteiger partial charge in [0.15, 0.2) is 0 Å². The van der Waals surface area contributed by atoms with Crippen molar-refractivity contribution in [3.8, 4) is 0 Å². The van der Waals surface area contributed by atoms with E-state index in [-0.39, 0.29) is 17.9 Å². The Morgan fingerprint density at radius 3 is 3.08 bits per heavy atom. The van der Waals surface area contributed by atoms with Crippen molar-refractivity contribution in [2.75, 3.05) is 32.8 Å². The van der Waals surface area contributed by atoms with Crippen molar-refractivity contribution >= 4 is 11.9 Å². The van der Waals surface area contributed by atoms with Gasteiger partial charge < -0.3 is 24.8 Å². The van der Waals surface area contributed by atoms with E-state index in [2.05, 4.69) is 15.6 Å². The number of fused-ring (bicyclic) bond motifs is 2. The smallest absolute Gasteiger partial charge is 0.315 e.